The van der Waals surface area contributed by atoms with Gasteiger partial charge in [0.05, 0.1) is 20.3 Å². The van der Waals surface area contributed by atoms with E-state index in [0.29, 0.717) is 18.1 Å². The van der Waals surface area contributed by atoms with E-state index in [4.69, 9.17) is 9.47 Å². The van der Waals surface area contributed by atoms with Crippen molar-refractivity contribution in [2.75, 3.05) is 13.7 Å². The number of hydrogen-bond donors (Lipinski definition) is 0. The van der Waals surface area contributed by atoms with Gasteiger partial charge >= 0.3 is 0 Å². The minimum atomic E-state index is -1.37. The highest BCUT2D eigenvalue weighted by Gasteiger charge is 2.28. The summed E-state index contributed by atoms with van der Waals surface area (Å²) in [7, 11) is 1.61. The summed E-state index contributed by atoms with van der Waals surface area (Å²) in [5.74, 6) is 0.690. The normalized spacial score (nSPS) is 13.6. The average molecular weight is 359 g/mol. The van der Waals surface area contributed by atoms with Gasteiger partial charge in [-0.05, 0) is 38.5 Å². The molecule has 1 atom stereocenters. The van der Waals surface area contributed by atoms with Crippen molar-refractivity contribution in [2.45, 2.75) is 32.1 Å². The van der Waals surface area contributed by atoms with Gasteiger partial charge in [-0.1, -0.05) is 46.9 Å². The van der Waals surface area contributed by atoms with Gasteiger partial charge in [0.2, 0.25) is 0 Å². The van der Waals surface area contributed by atoms with E-state index in [1.165, 1.54) is 0 Å². The Hall–Kier alpha value is -1.82. The summed E-state index contributed by atoms with van der Waals surface area (Å²) in [5, 5.41) is 0. The highest BCUT2D eigenvalue weighted by atomic mass is 32.2. The standard InChI is InChI=1S/C20H25NO3S/c1-20(2,3)25(22)21-18(17-12-8-9-13-19(17)23-4)15-24-14-16-10-6-5-7-11-16/h5-13H,14-15H2,1-4H3/b21-18+/t25-/m1/s1. The van der Waals surface area contributed by atoms with Crippen molar-refractivity contribution in [1.82, 2.24) is 0 Å². The quantitative estimate of drug-likeness (QED) is 0.551. The van der Waals surface area contributed by atoms with Crippen LogP contribution in [0.1, 0.15) is 31.9 Å². The maximum absolute atomic E-state index is 12.5. The number of nitrogens with zero attached hydrogens (tertiary/aromatic N) is 1. The van der Waals surface area contributed by atoms with Crippen LogP contribution in [0.2, 0.25) is 0 Å². The Kier molecular flexibility index (Phi) is 7.05. The first kappa shape index (κ1) is 19.5. The molecule has 0 bridgehead atoms. The molecule has 0 heterocycles. The average Bonchev–Trinajstić information content (AvgIpc) is 2.60. The Morgan fingerprint density at radius 3 is 2.32 bits per heavy atom. The third-order valence-corrected chi connectivity index (χ3v) is 4.92. The molecule has 2 aromatic rings. The molecule has 0 aliphatic rings. The molecule has 0 saturated carbocycles. The molecule has 0 aliphatic heterocycles. The van der Waals surface area contributed by atoms with Crippen molar-refractivity contribution >= 4 is 17.1 Å². The molecule has 0 fully saturated rings. The fourth-order valence-electron chi connectivity index (χ4n) is 2.11. The second kappa shape index (κ2) is 9.04. The fourth-order valence-corrected chi connectivity index (χ4v) is 2.74. The molecule has 0 N–H and O–H groups in total. The number of methoxy groups -OCH3 is 1. The van der Waals surface area contributed by atoms with Crippen LogP contribution in [0.15, 0.2) is 59.0 Å². The monoisotopic (exact) mass is 359 g/mol. The molecule has 0 saturated heterocycles. The van der Waals surface area contributed by atoms with E-state index >= 15 is 0 Å². The maximum atomic E-state index is 12.5. The van der Waals surface area contributed by atoms with Crippen LogP contribution in [0.3, 0.4) is 0 Å². The van der Waals surface area contributed by atoms with Gasteiger partial charge in [0.15, 0.2) is 0 Å². The molecule has 0 aliphatic carbocycles. The number of benzene rings is 2. The summed E-state index contributed by atoms with van der Waals surface area (Å²) in [6.07, 6.45) is 0. The van der Waals surface area contributed by atoms with Crippen LogP contribution in [0.5, 0.6) is 5.75 Å². The third kappa shape index (κ3) is 5.88. The summed E-state index contributed by atoms with van der Waals surface area (Å²) in [6.45, 7) is 6.43. The van der Waals surface area contributed by atoms with Crippen LogP contribution in [0, 0.1) is 0 Å². The van der Waals surface area contributed by atoms with E-state index < -0.39 is 16.1 Å². The van der Waals surface area contributed by atoms with Crippen LogP contribution in [0.4, 0.5) is 0 Å². The number of para-hydroxylation sites is 1. The van der Waals surface area contributed by atoms with Crippen molar-refractivity contribution in [3.63, 3.8) is 0 Å². The molecule has 2 aromatic carbocycles. The third-order valence-electron chi connectivity index (χ3n) is 3.49. The molecule has 0 unspecified atom stereocenters. The molecule has 0 amide bonds. The zero-order chi connectivity index (χ0) is 18.3. The Morgan fingerprint density at radius 1 is 1.04 bits per heavy atom. The van der Waals surface area contributed by atoms with Crippen molar-refractivity contribution in [3.8, 4) is 5.75 Å². The van der Waals surface area contributed by atoms with Gasteiger partial charge in [-0.25, -0.2) is 0 Å². The predicted molar refractivity (Wildman–Crippen MR) is 104 cm³/mol. The smallest absolute Gasteiger partial charge is 0.144 e. The van der Waals surface area contributed by atoms with Gasteiger partial charge in [0, 0.05) is 5.56 Å². The van der Waals surface area contributed by atoms with Crippen molar-refractivity contribution in [3.05, 3.63) is 65.7 Å². The summed E-state index contributed by atoms with van der Waals surface area (Å²) in [5.41, 5.74) is 2.51. The lowest BCUT2D eigenvalue weighted by Crippen LogP contribution is -2.28. The SMILES string of the molecule is COc1ccccc1/C(COCc1ccccc1)=N/[S@+]([O-])C(C)(C)C. The van der Waals surface area contributed by atoms with Crippen LogP contribution >= 0.6 is 0 Å². The van der Waals surface area contributed by atoms with Crippen molar-refractivity contribution in [1.29, 1.82) is 0 Å². The zero-order valence-corrected chi connectivity index (χ0v) is 16.0. The molecule has 134 valence electrons. The summed E-state index contributed by atoms with van der Waals surface area (Å²) < 4.78 is 27.8. The lowest BCUT2D eigenvalue weighted by atomic mass is 10.1. The van der Waals surface area contributed by atoms with Gasteiger partial charge in [-0.3, -0.25) is 0 Å². The molecule has 0 radical (unpaired) electrons. The van der Waals surface area contributed by atoms with Crippen LogP contribution in [0.25, 0.3) is 0 Å². The Morgan fingerprint density at radius 2 is 1.68 bits per heavy atom. The van der Waals surface area contributed by atoms with E-state index in [1.807, 2.05) is 75.4 Å². The van der Waals surface area contributed by atoms with E-state index in [2.05, 4.69) is 4.40 Å². The zero-order valence-electron chi connectivity index (χ0n) is 15.2. The van der Waals surface area contributed by atoms with Crippen molar-refractivity contribution < 1.29 is 14.0 Å². The summed E-state index contributed by atoms with van der Waals surface area (Å²) in [4.78, 5) is 0. The first-order valence-electron chi connectivity index (χ1n) is 8.16. The number of rotatable bonds is 7. The largest absolute Gasteiger partial charge is 0.591 e. The Labute approximate surface area is 153 Å². The lowest BCUT2D eigenvalue weighted by Gasteiger charge is -2.20. The van der Waals surface area contributed by atoms with Crippen LogP contribution < -0.4 is 4.74 Å². The van der Waals surface area contributed by atoms with E-state index in [0.717, 1.165) is 11.1 Å². The van der Waals surface area contributed by atoms with Crippen LogP contribution in [-0.2, 0) is 22.7 Å². The fraction of sp³-hybridized carbons (Fsp3) is 0.350. The molecular formula is C20H25NO3S. The Bertz CT molecular complexity index is 696. The number of hydrogen-bond acceptors (Lipinski definition) is 4. The molecule has 0 spiro atoms. The minimum absolute atomic E-state index is 0.261. The number of ether oxygens (including phenoxy) is 2. The maximum Gasteiger partial charge on any atom is 0.144 e. The van der Waals surface area contributed by atoms with E-state index in [1.54, 1.807) is 7.11 Å². The highest BCUT2D eigenvalue weighted by Crippen LogP contribution is 2.23. The molecule has 2 rings (SSSR count). The second-order valence-electron chi connectivity index (χ2n) is 6.58. The minimum Gasteiger partial charge on any atom is -0.591 e. The van der Waals surface area contributed by atoms with Gasteiger partial charge in [-0.2, -0.15) is 0 Å². The lowest BCUT2D eigenvalue weighted by molar-refractivity contribution is 0.158. The highest BCUT2D eigenvalue weighted by molar-refractivity contribution is 7.91. The van der Waals surface area contributed by atoms with Gasteiger partial charge < -0.3 is 14.0 Å². The second-order valence-corrected chi connectivity index (χ2v) is 8.48. The van der Waals surface area contributed by atoms with Gasteiger partial charge in [0.25, 0.3) is 0 Å². The van der Waals surface area contributed by atoms with Crippen LogP contribution in [-0.4, -0.2) is 28.7 Å². The molecule has 4 nitrogen and oxygen atoms in total. The Balaban J connectivity index is 2.21. The van der Waals surface area contributed by atoms with E-state index in [-0.39, 0.29) is 6.61 Å². The first-order valence-corrected chi connectivity index (χ1v) is 9.27. The summed E-state index contributed by atoms with van der Waals surface area (Å²) >= 11 is -1.37. The predicted octanol–water partition coefficient (Wildman–Crippen LogP) is 4.16. The van der Waals surface area contributed by atoms with Crippen molar-refractivity contribution in [2.24, 2.45) is 4.40 Å². The topological polar surface area (TPSA) is 53.9 Å². The van der Waals surface area contributed by atoms with Gasteiger partial charge in [0.1, 0.15) is 27.6 Å². The van der Waals surface area contributed by atoms with E-state index in [9.17, 15) is 4.55 Å². The van der Waals surface area contributed by atoms with Gasteiger partial charge in [-0.15, -0.1) is 0 Å². The molecule has 5 heteroatoms. The molecule has 25 heavy (non-hydrogen) atoms. The molecule has 0 aromatic heterocycles. The molecular weight excluding hydrogens is 334 g/mol. The summed E-state index contributed by atoms with van der Waals surface area (Å²) in [6, 6.07) is 17.5. The first-order chi connectivity index (χ1) is 11.9.